The SMILES string of the molecule is Cc1ccc2c(c1)N[C@@H](C(=O)Nc1cccc(Cl)c1)NS2(=O)=O. The van der Waals surface area contributed by atoms with Gasteiger partial charge in [-0.25, -0.2) is 8.42 Å². The van der Waals surface area contributed by atoms with Crippen LogP contribution in [0, 0.1) is 6.92 Å². The van der Waals surface area contributed by atoms with Crippen molar-refractivity contribution in [2.45, 2.75) is 18.0 Å². The topological polar surface area (TPSA) is 87.3 Å². The van der Waals surface area contributed by atoms with Gasteiger partial charge in [-0.3, -0.25) is 4.79 Å². The summed E-state index contributed by atoms with van der Waals surface area (Å²) in [7, 11) is -3.75. The van der Waals surface area contributed by atoms with E-state index in [0.717, 1.165) is 5.56 Å². The zero-order valence-electron chi connectivity index (χ0n) is 12.1. The Morgan fingerprint density at radius 1 is 1.22 bits per heavy atom. The van der Waals surface area contributed by atoms with E-state index in [1.54, 1.807) is 36.4 Å². The minimum atomic E-state index is -3.75. The standard InChI is InChI=1S/C15H14ClN3O3S/c1-9-5-6-13-12(7-9)18-14(19-23(13,21)22)15(20)17-11-4-2-3-10(16)8-11/h2-8,14,18-19H,1H3,(H,17,20)/t14-/m1/s1. The van der Waals surface area contributed by atoms with Gasteiger partial charge in [-0.2, -0.15) is 4.72 Å². The van der Waals surface area contributed by atoms with E-state index in [0.29, 0.717) is 16.4 Å². The molecule has 8 heteroatoms. The Hall–Kier alpha value is -2.09. The summed E-state index contributed by atoms with van der Waals surface area (Å²) in [6.45, 7) is 1.84. The van der Waals surface area contributed by atoms with Crippen molar-refractivity contribution in [3.05, 3.63) is 53.1 Å². The maximum atomic E-state index is 12.3. The summed E-state index contributed by atoms with van der Waals surface area (Å²) < 4.78 is 26.8. The Labute approximate surface area is 138 Å². The second-order valence-corrected chi connectivity index (χ2v) is 7.32. The Kier molecular flexibility index (Phi) is 4.01. The van der Waals surface area contributed by atoms with Crippen molar-refractivity contribution < 1.29 is 13.2 Å². The monoisotopic (exact) mass is 351 g/mol. The summed E-state index contributed by atoms with van der Waals surface area (Å²) in [6, 6.07) is 11.5. The van der Waals surface area contributed by atoms with Gasteiger partial charge in [-0.1, -0.05) is 23.7 Å². The fourth-order valence-electron chi connectivity index (χ4n) is 2.29. The number of benzene rings is 2. The van der Waals surface area contributed by atoms with Gasteiger partial charge >= 0.3 is 0 Å². The molecule has 1 heterocycles. The molecular weight excluding hydrogens is 338 g/mol. The second kappa shape index (κ2) is 5.84. The molecule has 2 aromatic carbocycles. The molecule has 1 atom stereocenters. The van der Waals surface area contributed by atoms with E-state index >= 15 is 0 Å². The zero-order valence-corrected chi connectivity index (χ0v) is 13.7. The van der Waals surface area contributed by atoms with Gasteiger partial charge in [0.2, 0.25) is 10.0 Å². The number of aryl methyl sites for hydroxylation is 1. The van der Waals surface area contributed by atoms with Crippen LogP contribution in [0.3, 0.4) is 0 Å². The normalized spacial score (nSPS) is 18.6. The first-order valence-electron chi connectivity index (χ1n) is 6.81. The first-order chi connectivity index (χ1) is 10.8. The van der Waals surface area contributed by atoms with Gasteiger partial charge in [-0.05, 0) is 42.8 Å². The summed E-state index contributed by atoms with van der Waals surface area (Å²) >= 11 is 5.87. The molecule has 0 unspecified atom stereocenters. The summed E-state index contributed by atoms with van der Waals surface area (Å²) in [5.74, 6) is -0.525. The number of rotatable bonds is 2. The molecule has 0 spiro atoms. The van der Waals surface area contributed by atoms with Crippen LogP contribution in [0.25, 0.3) is 0 Å². The lowest BCUT2D eigenvalue weighted by atomic mass is 10.2. The number of nitrogens with one attached hydrogen (secondary N) is 3. The van der Waals surface area contributed by atoms with Crippen LogP contribution in [0.2, 0.25) is 5.02 Å². The molecule has 1 amide bonds. The first kappa shape index (κ1) is 15.8. The number of carbonyl (C=O) groups is 1. The number of fused-ring (bicyclic) bond motifs is 1. The van der Waals surface area contributed by atoms with E-state index in [4.69, 9.17) is 11.6 Å². The van der Waals surface area contributed by atoms with Crippen LogP contribution in [0.15, 0.2) is 47.4 Å². The predicted octanol–water partition coefficient (Wildman–Crippen LogP) is 2.32. The number of hydrogen-bond donors (Lipinski definition) is 3. The maximum absolute atomic E-state index is 12.3. The van der Waals surface area contributed by atoms with Crippen molar-refractivity contribution in [3.63, 3.8) is 0 Å². The third-order valence-corrected chi connectivity index (χ3v) is 5.07. The Morgan fingerprint density at radius 3 is 2.74 bits per heavy atom. The molecule has 0 fully saturated rings. The van der Waals surface area contributed by atoms with Crippen molar-refractivity contribution in [2.75, 3.05) is 10.6 Å². The van der Waals surface area contributed by atoms with Gasteiger partial charge in [0.25, 0.3) is 5.91 Å². The van der Waals surface area contributed by atoms with Crippen LogP contribution in [0.4, 0.5) is 11.4 Å². The summed E-state index contributed by atoms with van der Waals surface area (Å²) in [6.07, 6.45) is -1.10. The lowest BCUT2D eigenvalue weighted by Crippen LogP contribution is -2.51. The van der Waals surface area contributed by atoms with E-state index < -0.39 is 22.1 Å². The summed E-state index contributed by atoms with van der Waals surface area (Å²) in [5, 5.41) is 5.99. The van der Waals surface area contributed by atoms with Gasteiger partial charge < -0.3 is 10.6 Å². The summed E-state index contributed by atoms with van der Waals surface area (Å²) in [5.41, 5.74) is 1.77. The highest BCUT2D eigenvalue weighted by Gasteiger charge is 2.33. The molecule has 120 valence electrons. The van der Waals surface area contributed by atoms with Gasteiger partial charge in [-0.15, -0.1) is 0 Å². The second-order valence-electron chi connectivity index (χ2n) is 5.20. The van der Waals surface area contributed by atoms with Crippen LogP contribution in [-0.4, -0.2) is 20.5 Å². The van der Waals surface area contributed by atoms with Crippen LogP contribution in [0.5, 0.6) is 0 Å². The lowest BCUT2D eigenvalue weighted by molar-refractivity contribution is -0.117. The van der Waals surface area contributed by atoms with E-state index in [1.165, 1.54) is 6.07 Å². The van der Waals surface area contributed by atoms with Crippen molar-refractivity contribution >= 4 is 38.9 Å². The lowest BCUT2D eigenvalue weighted by Gasteiger charge is -2.27. The highest BCUT2D eigenvalue weighted by molar-refractivity contribution is 7.89. The van der Waals surface area contributed by atoms with E-state index in [9.17, 15) is 13.2 Å². The smallest absolute Gasteiger partial charge is 0.262 e. The number of anilines is 2. The minimum absolute atomic E-state index is 0.120. The first-order valence-corrected chi connectivity index (χ1v) is 8.67. The van der Waals surface area contributed by atoms with E-state index in [1.807, 2.05) is 6.92 Å². The number of hydrogen-bond acceptors (Lipinski definition) is 4. The molecule has 1 aliphatic heterocycles. The highest BCUT2D eigenvalue weighted by Crippen LogP contribution is 2.27. The average molecular weight is 352 g/mol. The average Bonchev–Trinajstić information content (AvgIpc) is 2.45. The van der Waals surface area contributed by atoms with Gasteiger partial charge in [0.15, 0.2) is 6.17 Å². The number of amides is 1. The molecule has 0 aromatic heterocycles. The molecule has 3 rings (SSSR count). The Morgan fingerprint density at radius 2 is 2.00 bits per heavy atom. The maximum Gasteiger partial charge on any atom is 0.262 e. The molecule has 0 saturated carbocycles. The third-order valence-electron chi connectivity index (χ3n) is 3.35. The van der Waals surface area contributed by atoms with E-state index in [2.05, 4.69) is 15.4 Å². The Balaban J connectivity index is 1.86. The number of carbonyl (C=O) groups excluding carboxylic acids is 1. The number of sulfonamides is 1. The molecule has 0 radical (unpaired) electrons. The van der Waals surface area contributed by atoms with Crippen molar-refractivity contribution in [3.8, 4) is 0 Å². The molecule has 2 aromatic rings. The van der Waals surface area contributed by atoms with Crippen LogP contribution < -0.4 is 15.4 Å². The zero-order chi connectivity index (χ0) is 16.6. The fraction of sp³-hybridized carbons (Fsp3) is 0.133. The van der Waals surface area contributed by atoms with Gasteiger partial charge in [0, 0.05) is 10.7 Å². The molecule has 3 N–H and O–H groups in total. The molecule has 0 aliphatic carbocycles. The van der Waals surface area contributed by atoms with Gasteiger partial charge in [0.05, 0.1) is 5.69 Å². The molecule has 0 saturated heterocycles. The largest absolute Gasteiger partial charge is 0.360 e. The minimum Gasteiger partial charge on any atom is -0.360 e. The highest BCUT2D eigenvalue weighted by atomic mass is 35.5. The van der Waals surface area contributed by atoms with Crippen molar-refractivity contribution in [1.82, 2.24) is 4.72 Å². The van der Waals surface area contributed by atoms with Crippen molar-refractivity contribution in [1.29, 1.82) is 0 Å². The molecule has 1 aliphatic rings. The van der Waals surface area contributed by atoms with E-state index in [-0.39, 0.29) is 4.90 Å². The molecule has 6 nitrogen and oxygen atoms in total. The molecule has 0 bridgehead atoms. The van der Waals surface area contributed by atoms with Crippen LogP contribution >= 0.6 is 11.6 Å². The van der Waals surface area contributed by atoms with Crippen molar-refractivity contribution in [2.24, 2.45) is 0 Å². The number of halogens is 1. The van der Waals surface area contributed by atoms with Crippen LogP contribution in [-0.2, 0) is 14.8 Å². The predicted molar refractivity (Wildman–Crippen MR) is 89.0 cm³/mol. The molecule has 23 heavy (non-hydrogen) atoms. The quantitative estimate of drug-likeness (QED) is 0.774. The molecular formula is C15H14ClN3O3S. The fourth-order valence-corrected chi connectivity index (χ4v) is 3.74. The van der Waals surface area contributed by atoms with Gasteiger partial charge in [0.1, 0.15) is 4.90 Å². The third kappa shape index (κ3) is 3.31. The van der Waals surface area contributed by atoms with Crippen LogP contribution in [0.1, 0.15) is 5.56 Å². The Bertz CT molecular complexity index is 883. The summed E-state index contributed by atoms with van der Waals surface area (Å²) in [4.78, 5) is 12.4.